The molecule has 2 heterocycles. The maximum absolute atomic E-state index is 10.9. The minimum Gasteiger partial charge on any atom is -0.459 e. The van der Waals surface area contributed by atoms with Crippen LogP contribution < -0.4 is 10.2 Å². The first-order valence-corrected chi connectivity index (χ1v) is 5.67. The van der Waals surface area contributed by atoms with Crippen molar-refractivity contribution in [2.75, 3.05) is 38.2 Å². The van der Waals surface area contributed by atoms with Crippen molar-refractivity contribution < 1.29 is 9.53 Å². The van der Waals surface area contributed by atoms with Crippen LogP contribution in [0.3, 0.4) is 0 Å². The third-order valence-corrected chi connectivity index (χ3v) is 2.57. The summed E-state index contributed by atoms with van der Waals surface area (Å²) < 4.78 is 4.44. The van der Waals surface area contributed by atoms with Crippen LogP contribution in [0.4, 0.5) is 5.82 Å². The highest BCUT2D eigenvalue weighted by molar-refractivity contribution is 5.88. The first-order chi connectivity index (χ1) is 8.79. The highest BCUT2D eigenvalue weighted by Gasteiger charge is 2.11. The molecule has 0 bridgehead atoms. The van der Waals surface area contributed by atoms with E-state index in [9.17, 15) is 4.79 Å². The number of carbonyl (C=O) groups excluding carboxylic acids is 1. The number of anilines is 1. The van der Waals surface area contributed by atoms with Crippen LogP contribution in [0.15, 0.2) is 12.4 Å². The molecule has 0 aliphatic carbocycles. The summed E-state index contributed by atoms with van der Waals surface area (Å²) in [6.45, 7) is 3.68. The van der Waals surface area contributed by atoms with Crippen LogP contribution >= 0.6 is 0 Å². The molecular formula is C12H14N4O2. The van der Waals surface area contributed by atoms with Gasteiger partial charge in [0.2, 0.25) is 0 Å². The van der Waals surface area contributed by atoms with E-state index in [4.69, 9.17) is 0 Å². The molecule has 0 radical (unpaired) electrons. The molecule has 0 aromatic carbocycles. The lowest BCUT2D eigenvalue weighted by Gasteiger charge is -2.28. The third kappa shape index (κ3) is 3.18. The molecule has 1 aliphatic heterocycles. The van der Waals surface area contributed by atoms with E-state index < -0.39 is 5.97 Å². The van der Waals surface area contributed by atoms with Gasteiger partial charge in [0.15, 0.2) is 0 Å². The Morgan fingerprint density at radius 1 is 1.44 bits per heavy atom. The van der Waals surface area contributed by atoms with Crippen LogP contribution in [0, 0.1) is 11.8 Å². The van der Waals surface area contributed by atoms with E-state index in [-0.39, 0.29) is 0 Å². The van der Waals surface area contributed by atoms with Crippen molar-refractivity contribution in [1.82, 2.24) is 15.3 Å². The van der Waals surface area contributed by atoms with Gasteiger partial charge in [0.05, 0.1) is 7.11 Å². The largest absolute Gasteiger partial charge is 0.459 e. The molecule has 1 aromatic rings. The Labute approximate surface area is 105 Å². The maximum atomic E-state index is 10.9. The Morgan fingerprint density at radius 3 is 2.94 bits per heavy atom. The quantitative estimate of drug-likeness (QED) is 0.528. The van der Waals surface area contributed by atoms with Crippen LogP contribution in [0.1, 0.15) is 5.69 Å². The number of nitrogens with one attached hydrogen (secondary N) is 1. The first kappa shape index (κ1) is 12.3. The molecule has 0 amide bonds. The summed E-state index contributed by atoms with van der Waals surface area (Å²) in [5.41, 5.74) is 0.518. The molecule has 1 fully saturated rings. The van der Waals surface area contributed by atoms with Crippen molar-refractivity contribution in [1.29, 1.82) is 0 Å². The molecule has 94 valence electrons. The van der Waals surface area contributed by atoms with Gasteiger partial charge in [0.1, 0.15) is 17.8 Å². The Kier molecular flexibility index (Phi) is 4.10. The highest BCUT2D eigenvalue weighted by atomic mass is 16.5. The fourth-order valence-electron chi connectivity index (χ4n) is 1.65. The number of aromatic nitrogens is 2. The normalized spacial score (nSPS) is 14.6. The number of methoxy groups -OCH3 is 1. The van der Waals surface area contributed by atoms with Crippen LogP contribution in [0.2, 0.25) is 0 Å². The average Bonchev–Trinajstić information content (AvgIpc) is 2.46. The predicted octanol–water partition coefficient (Wildman–Crippen LogP) is -0.589. The van der Waals surface area contributed by atoms with Gasteiger partial charge in [0, 0.05) is 38.2 Å². The van der Waals surface area contributed by atoms with Gasteiger partial charge in [-0.3, -0.25) is 0 Å². The average molecular weight is 246 g/mol. The second-order valence-electron chi connectivity index (χ2n) is 3.74. The number of nitrogens with zero attached hydrogens (tertiary/aromatic N) is 3. The van der Waals surface area contributed by atoms with Gasteiger partial charge < -0.3 is 15.0 Å². The fourth-order valence-corrected chi connectivity index (χ4v) is 1.65. The van der Waals surface area contributed by atoms with Gasteiger partial charge in [-0.25, -0.2) is 14.8 Å². The Morgan fingerprint density at radius 2 is 2.22 bits per heavy atom. The van der Waals surface area contributed by atoms with Crippen molar-refractivity contribution in [3.05, 3.63) is 18.1 Å². The molecule has 0 atom stereocenters. The standard InChI is InChI=1S/C12H14N4O2/c1-18-12(17)3-2-10-8-11(15-9-14-10)16-6-4-13-5-7-16/h8-9,13H,4-7H2,1H3. The summed E-state index contributed by atoms with van der Waals surface area (Å²) in [6.07, 6.45) is 1.46. The monoisotopic (exact) mass is 246 g/mol. The van der Waals surface area contributed by atoms with Crippen molar-refractivity contribution in [3.8, 4) is 11.8 Å². The van der Waals surface area contributed by atoms with Gasteiger partial charge >= 0.3 is 5.97 Å². The lowest BCUT2D eigenvalue weighted by Crippen LogP contribution is -2.43. The zero-order valence-corrected chi connectivity index (χ0v) is 10.1. The lowest BCUT2D eigenvalue weighted by atomic mass is 10.3. The Balaban J connectivity index is 2.13. The second kappa shape index (κ2) is 5.98. The molecule has 1 aliphatic rings. The molecule has 6 heteroatoms. The molecule has 0 unspecified atom stereocenters. The van der Waals surface area contributed by atoms with Crippen LogP contribution in [0.25, 0.3) is 0 Å². The van der Waals surface area contributed by atoms with E-state index in [1.807, 2.05) is 0 Å². The highest BCUT2D eigenvalue weighted by Crippen LogP contribution is 2.10. The number of ether oxygens (including phenoxy) is 1. The molecular weight excluding hydrogens is 232 g/mol. The molecule has 1 N–H and O–H groups in total. The predicted molar refractivity (Wildman–Crippen MR) is 66.0 cm³/mol. The Bertz CT molecular complexity index is 486. The number of carbonyl (C=O) groups is 1. The Hall–Kier alpha value is -2.13. The molecule has 1 aromatic heterocycles. The summed E-state index contributed by atoms with van der Waals surface area (Å²) >= 11 is 0. The minimum atomic E-state index is -0.572. The van der Waals surface area contributed by atoms with Crippen molar-refractivity contribution >= 4 is 11.8 Å². The van der Waals surface area contributed by atoms with Gasteiger partial charge in [-0.15, -0.1) is 0 Å². The van der Waals surface area contributed by atoms with Crippen molar-refractivity contribution in [3.63, 3.8) is 0 Å². The van der Waals surface area contributed by atoms with Crippen molar-refractivity contribution in [2.24, 2.45) is 0 Å². The molecule has 0 saturated carbocycles. The van der Waals surface area contributed by atoms with Gasteiger partial charge in [-0.1, -0.05) is 0 Å². The van der Waals surface area contributed by atoms with Crippen LogP contribution in [0.5, 0.6) is 0 Å². The number of hydrogen-bond acceptors (Lipinski definition) is 6. The summed E-state index contributed by atoms with van der Waals surface area (Å²) in [6, 6.07) is 1.78. The van der Waals surface area contributed by atoms with Crippen LogP contribution in [-0.2, 0) is 9.53 Å². The second-order valence-corrected chi connectivity index (χ2v) is 3.74. The topological polar surface area (TPSA) is 67.3 Å². The zero-order valence-electron chi connectivity index (χ0n) is 10.1. The molecule has 6 nitrogen and oxygen atoms in total. The minimum absolute atomic E-state index is 0.518. The summed E-state index contributed by atoms with van der Waals surface area (Å²) in [4.78, 5) is 21.3. The smallest absolute Gasteiger partial charge is 0.384 e. The summed E-state index contributed by atoms with van der Waals surface area (Å²) in [7, 11) is 1.29. The van der Waals surface area contributed by atoms with E-state index in [0.717, 1.165) is 32.0 Å². The number of piperazine rings is 1. The molecule has 18 heavy (non-hydrogen) atoms. The fraction of sp³-hybridized carbons (Fsp3) is 0.417. The van der Waals surface area contributed by atoms with Gasteiger partial charge in [-0.2, -0.15) is 0 Å². The van der Waals surface area contributed by atoms with E-state index >= 15 is 0 Å². The van der Waals surface area contributed by atoms with Crippen LogP contribution in [-0.4, -0.2) is 49.2 Å². The van der Waals surface area contributed by atoms with E-state index in [1.165, 1.54) is 13.4 Å². The number of hydrogen-bond donors (Lipinski definition) is 1. The number of rotatable bonds is 1. The van der Waals surface area contributed by atoms with E-state index in [1.54, 1.807) is 6.07 Å². The van der Waals surface area contributed by atoms with Gasteiger partial charge in [0.25, 0.3) is 0 Å². The SMILES string of the molecule is COC(=O)C#Cc1cc(N2CCNCC2)ncn1. The lowest BCUT2D eigenvalue weighted by molar-refractivity contribution is -0.133. The molecule has 2 rings (SSSR count). The first-order valence-electron chi connectivity index (χ1n) is 5.67. The zero-order chi connectivity index (χ0) is 12.8. The maximum Gasteiger partial charge on any atom is 0.384 e. The molecule has 1 saturated heterocycles. The summed E-state index contributed by atoms with van der Waals surface area (Å²) in [5.74, 6) is 5.27. The van der Waals surface area contributed by atoms with E-state index in [2.05, 4.69) is 36.8 Å². The summed E-state index contributed by atoms with van der Waals surface area (Å²) in [5, 5.41) is 3.27. The number of esters is 1. The van der Waals surface area contributed by atoms with Gasteiger partial charge in [-0.05, 0) is 5.92 Å². The van der Waals surface area contributed by atoms with E-state index in [0.29, 0.717) is 5.69 Å². The van der Waals surface area contributed by atoms with Crippen molar-refractivity contribution in [2.45, 2.75) is 0 Å². The third-order valence-electron chi connectivity index (χ3n) is 2.57. The molecule has 0 spiro atoms.